The molecule has 40 heavy (non-hydrogen) atoms. The lowest BCUT2D eigenvalue weighted by Crippen LogP contribution is -2.42. The number of amides is 2. The van der Waals surface area contributed by atoms with Gasteiger partial charge in [0.05, 0.1) is 6.54 Å². The van der Waals surface area contributed by atoms with Crippen LogP contribution in [-0.2, 0) is 23.2 Å². The zero-order valence-electron chi connectivity index (χ0n) is 21.5. The first-order valence-corrected chi connectivity index (χ1v) is 13.5. The summed E-state index contributed by atoms with van der Waals surface area (Å²) in [5.74, 6) is 1.64. The van der Waals surface area contributed by atoms with Crippen molar-refractivity contribution in [2.45, 2.75) is 18.4 Å². The number of anilines is 1. The van der Waals surface area contributed by atoms with Crippen molar-refractivity contribution in [3.63, 3.8) is 0 Å². The molecule has 3 aliphatic heterocycles. The monoisotopic (exact) mass is 552 g/mol. The smallest absolute Gasteiger partial charge is 0.251 e. The van der Waals surface area contributed by atoms with Gasteiger partial charge in [-0.05, 0) is 59.5 Å². The van der Waals surface area contributed by atoms with E-state index in [-0.39, 0.29) is 25.2 Å². The van der Waals surface area contributed by atoms with Gasteiger partial charge in [-0.15, -0.1) is 0 Å². The molecule has 4 aromatic carbocycles. The summed E-state index contributed by atoms with van der Waals surface area (Å²) in [4.78, 5) is 29.0. The molecule has 3 heterocycles. The number of para-hydroxylation sites is 1. The Morgan fingerprint density at radius 1 is 0.850 bits per heavy atom. The van der Waals surface area contributed by atoms with Crippen LogP contribution in [0, 0.1) is 0 Å². The summed E-state index contributed by atoms with van der Waals surface area (Å²) >= 11 is 5.96. The number of rotatable bonds is 6. The highest BCUT2D eigenvalue weighted by atomic mass is 35.5. The van der Waals surface area contributed by atoms with Crippen LogP contribution in [0.25, 0.3) is 0 Å². The standard InChI is InChI=1S/C32H25ClN2O5/c33-23-10-8-20(9-11-23)12-13-34-30(36)22-5-3-4-21(14-22)17-35-26-7-2-1-6-24(26)32(31(35)37)18-38-27-16-29-28(15-25(27)32)39-19-40-29/h1-11,14-16H,12-13,17-19H2,(H,34,36). The minimum Gasteiger partial charge on any atom is -0.491 e. The van der Waals surface area contributed by atoms with Gasteiger partial charge in [-0.1, -0.05) is 54.1 Å². The number of benzene rings is 4. The number of fused-ring (bicyclic) bond motifs is 5. The first kappa shape index (κ1) is 24.5. The molecule has 4 aromatic rings. The zero-order valence-corrected chi connectivity index (χ0v) is 22.2. The van der Waals surface area contributed by atoms with Gasteiger partial charge in [0.25, 0.3) is 5.91 Å². The van der Waals surface area contributed by atoms with Gasteiger partial charge in [0.15, 0.2) is 11.5 Å². The molecule has 1 atom stereocenters. The molecule has 7 rings (SSSR count). The van der Waals surface area contributed by atoms with Crippen LogP contribution >= 0.6 is 11.6 Å². The number of ether oxygens (including phenoxy) is 3. The topological polar surface area (TPSA) is 77.1 Å². The summed E-state index contributed by atoms with van der Waals surface area (Å²) in [5.41, 5.74) is 4.04. The van der Waals surface area contributed by atoms with E-state index in [1.807, 2.05) is 72.8 Å². The third kappa shape index (κ3) is 3.97. The maximum absolute atomic E-state index is 14.3. The lowest BCUT2D eigenvalue weighted by atomic mass is 9.77. The average molecular weight is 553 g/mol. The number of nitrogens with one attached hydrogen (secondary N) is 1. The summed E-state index contributed by atoms with van der Waals surface area (Å²) in [6, 6.07) is 26.5. The molecule has 1 N–H and O–H groups in total. The fourth-order valence-corrected chi connectivity index (χ4v) is 5.91. The first-order valence-electron chi connectivity index (χ1n) is 13.1. The molecule has 0 saturated heterocycles. The van der Waals surface area contributed by atoms with Gasteiger partial charge >= 0.3 is 0 Å². The van der Waals surface area contributed by atoms with Crippen LogP contribution in [0.3, 0.4) is 0 Å². The van der Waals surface area contributed by atoms with E-state index in [2.05, 4.69) is 5.32 Å². The van der Waals surface area contributed by atoms with E-state index in [1.165, 1.54) is 0 Å². The molecule has 200 valence electrons. The predicted octanol–water partition coefficient (Wildman–Crippen LogP) is 5.27. The Morgan fingerprint density at radius 3 is 2.50 bits per heavy atom. The Morgan fingerprint density at radius 2 is 1.65 bits per heavy atom. The zero-order chi connectivity index (χ0) is 27.3. The summed E-state index contributed by atoms with van der Waals surface area (Å²) in [6.45, 7) is 1.17. The van der Waals surface area contributed by atoms with Crippen molar-refractivity contribution in [3.8, 4) is 17.2 Å². The van der Waals surface area contributed by atoms with Crippen molar-refractivity contribution in [2.75, 3.05) is 24.8 Å². The van der Waals surface area contributed by atoms with E-state index in [0.29, 0.717) is 47.3 Å². The average Bonchev–Trinajstić information content (AvgIpc) is 3.65. The van der Waals surface area contributed by atoms with Crippen LogP contribution in [0.15, 0.2) is 84.9 Å². The van der Waals surface area contributed by atoms with E-state index in [4.69, 9.17) is 25.8 Å². The lowest BCUT2D eigenvalue weighted by Gasteiger charge is -2.23. The summed E-state index contributed by atoms with van der Waals surface area (Å²) in [7, 11) is 0. The summed E-state index contributed by atoms with van der Waals surface area (Å²) < 4.78 is 17.2. The highest BCUT2D eigenvalue weighted by Crippen LogP contribution is 2.55. The van der Waals surface area contributed by atoms with Gasteiger partial charge in [0.2, 0.25) is 12.7 Å². The van der Waals surface area contributed by atoms with Gasteiger partial charge in [0, 0.05) is 34.4 Å². The molecule has 3 aliphatic rings. The summed E-state index contributed by atoms with van der Waals surface area (Å²) in [5, 5.41) is 3.67. The second-order valence-electron chi connectivity index (χ2n) is 10.1. The van der Waals surface area contributed by atoms with E-state index in [0.717, 1.165) is 27.9 Å². The number of nitrogens with zero attached hydrogens (tertiary/aromatic N) is 1. The molecule has 0 aromatic heterocycles. The van der Waals surface area contributed by atoms with Crippen LogP contribution in [0.4, 0.5) is 5.69 Å². The molecule has 0 saturated carbocycles. The number of hydrogen-bond donors (Lipinski definition) is 1. The molecular weight excluding hydrogens is 528 g/mol. The van der Waals surface area contributed by atoms with Crippen molar-refractivity contribution < 1.29 is 23.8 Å². The molecule has 0 radical (unpaired) electrons. The molecule has 8 heteroatoms. The van der Waals surface area contributed by atoms with Crippen LogP contribution < -0.4 is 24.4 Å². The quantitative estimate of drug-likeness (QED) is 0.353. The molecule has 0 bridgehead atoms. The largest absolute Gasteiger partial charge is 0.491 e. The number of carbonyl (C=O) groups is 2. The molecule has 7 nitrogen and oxygen atoms in total. The molecule has 2 amide bonds. The van der Waals surface area contributed by atoms with Gasteiger partial charge in [0.1, 0.15) is 17.8 Å². The predicted molar refractivity (Wildman–Crippen MR) is 150 cm³/mol. The fourth-order valence-electron chi connectivity index (χ4n) is 5.79. The Bertz CT molecular complexity index is 1650. The van der Waals surface area contributed by atoms with E-state index < -0.39 is 5.41 Å². The van der Waals surface area contributed by atoms with Gasteiger partial charge in [-0.3, -0.25) is 9.59 Å². The molecule has 1 spiro atoms. The van der Waals surface area contributed by atoms with Crippen LogP contribution in [-0.4, -0.2) is 31.8 Å². The Labute approximate surface area is 236 Å². The molecule has 1 unspecified atom stereocenters. The molecule has 0 fully saturated rings. The molecule has 0 aliphatic carbocycles. The van der Waals surface area contributed by atoms with Crippen molar-refractivity contribution in [1.29, 1.82) is 0 Å². The third-order valence-corrected chi connectivity index (χ3v) is 8.04. The van der Waals surface area contributed by atoms with Crippen LogP contribution in [0.1, 0.15) is 32.6 Å². The highest BCUT2D eigenvalue weighted by Gasteiger charge is 2.57. The van der Waals surface area contributed by atoms with E-state index in [1.54, 1.807) is 17.0 Å². The first-order chi connectivity index (χ1) is 19.5. The number of carbonyl (C=O) groups excluding carboxylic acids is 2. The van der Waals surface area contributed by atoms with Crippen molar-refractivity contribution in [2.24, 2.45) is 0 Å². The Balaban J connectivity index is 1.13. The third-order valence-electron chi connectivity index (χ3n) is 7.79. The van der Waals surface area contributed by atoms with Crippen LogP contribution in [0.5, 0.6) is 17.2 Å². The minimum absolute atomic E-state index is 0.0656. The van der Waals surface area contributed by atoms with Crippen LogP contribution in [0.2, 0.25) is 5.02 Å². The summed E-state index contributed by atoms with van der Waals surface area (Å²) in [6.07, 6.45) is 0.702. The minimum atomic E-state index is -0.969. The maximum Gasteiger partial charge on any atom is 0.251 e. The molecular formula is C32H25ClN2O5. The fraction of sp³-hybridized carbons (Fsp3) is 0.188. The maximum atomic E-state index is 14.3. The SMILES string of the molecule is O=C(NCCc1ccc(Cl)cc1)c1cccc(CN2C(=O)C3(COc4cc5c(cc43)OCO5)c3ccccc32)c1. The lowest BCUT2D eigenvalue weighted by molar-refractivity contribution is -0.122. The van der Waals surface area contributed by atoms with E-state index in [9.17, 15) is 9.59 Å². The van der Waals surface area contributed by atoms with Gasteiger partial charge < -0.3 is 24.4 Å². The Kier molecular flexibility index (Phi) is 5.90. The Hall–Kier alpha value is -4.49. The van der Waals surface area contributed by atoms with Gasteiger partial charge in [-0.2, -0.15) is 0 Å². The van der Waals surface area contributed by atoms with Crippen molar-refractivity contribution in [3.05, 3.63) is 118 Å². The van der Waals surface area contributed by atoms with Crippen molar-refractivity contribution in [1.82, 2.24) is 5.32 Å². The highest BCUT2D eigenvalue weighted by molar-refractivity contribution is 6.30. The van der Waals surface area contributed by atoms with Crippen molar-refractivity contribution >= 4 is 29.1 Å². The van der Waals surface area contributed by atoms with E-state index >= 15 is 0 Å². The second-order valence-corrected chi connectivity index (χ2v) is 10.6. The normalized spacial score (nSPS) is 18.0. The number of halogens is 1. The van der Waals surface area contributed by atoms with Gasteiger partial charge in [-0.25, -0.2) is 0 Å². The second kappa shape index (κ2) is 9.61. The number of hydrogen-bond acceptors (Lipinski definition) is 5.